The van der Waals surface area contributed by atoms with E-state index in [9.17, 15) is 0 Å². The van der Waals surface area contributed by atoms with Crippen LogP contribution in [0.15, 0.2) is 0 Å². The van der Waals surface area contributed by atoms with Crippen LogP contribution in [0.3, 0.4) is 0 Å². The van der Waals surface area contributed by atoms with Gasteiger partial charge in [-0.15, -0.1) is 0 Å². The van der Waals surface area contributed by atoms with Crippen LogP contribution >= 0.6 is 0 Å². The van der Waals surface area contributed by atoms with Gasteiger partial charge < -0.3 is 89.1 Å². The van der Waals surface area contributed by atoms with Gasteiger partial charge in [0.25, 0.3) is 0 Å². The van der Waals surface area contributed by atoms with E-state index in [0.29, 0.717) is 0 Å². The Labute approximate surface area is 148 Å². The van der Waals surface area contributed by atoms with Crippen LogP contribution in [-0.2, 0) is 0 Å². The molecule has 0 radical (unpaired) electrons. The normalized spacial score (nSPS) is 4.91. The molecule has 0 heterocycles. The Bertz CT molecular complexity index is 69.6. The van der Waals surface area contributed by atoms with E-state index in [1.807, 2.05) is 0 Å². The number of hydrogen-bond acceptors (Lipinski definition) is 12. The van der Waals surface area contributed by atoms with Crippen LogP contribution in [0.2, 0.25) is 0 Å². The summed E-state index contributed by atoms with van der Waals surface area (Å²) < 4.78 is 0. The fourth-order valence-corrected chi connectivity index (χ4v) is 0. The maximum Gasteiger partial charge on any atom is 1.00 e. The molecule has 0 aromatic heterocycles. The Morgan fingerprint density at radius 3 is 0.318 bits per heavy atom. The fourth-order valence-electron chi connectivity index (χ4n) is 0. The Hall–Kier alpha value is 0.580. The third-order valence-corrected chi connectivity index (χ3v) is 0. The van der Waals surface area contributed by atoms with Gasteiger partial charge in [0.2, 0.25) is 0 Å². The largest absolute Gasteiger partial charge is 1.00 e. The van der Waals surface area contributed by atoms with Crippen LogP contribution in [0.1, 0.15) is 1.43 Å². The van der Waals surface area contributed by atoms with Gasteiger partial charge in [-0.3, -0.25) is 0 Å². The molecule has 17 nitrogen and oxygen atoms in total. The molecule has 0 bridgehead atoms. The second kappa shape index (κ2) is 57.8. The monoisotopic (exact) mass is 362 g/mol. The van der Waals surface area contributed by atoms with Gasteiger partial charge in [0.05, 0.1) is 0 Å². The van der Waals surface area contributed by atoms with Gasteiger partial charge in [0, 0.05) is 0 Å². The summed E-state index contributed by atoms with van der Waals surface area (Å²) in [4.78, 5) is 0. The summed E-state index contributed by atoms with van der Waals surface area (Å²) in [6.07, 6.45) is 0. The molecule has 0 fully saturated rings. The van der Waals surface area contributed by atoms with E-state index in [-0.39, 0.29) is 58.4 Å². The van der Waals surface area contributed by atoms with Crippen LogP contribution in [0.25, 0.3) is 0 Å². The minimum absolute atomic E-state index is 0. The van der Waals surface area contributed by atoms with Gasteiger partial charge in [-0.1, -0.05) is 0 Å². The molecule has 0 amide bonds. The van der Waals surface area contributed by atoms with Crippen molar-refractivity contribution in [2.24, 2.45) is 0 Å². The maximum atomic E-state index is 7.17. The van der Waals surface area contributed by atoms with Crippen molar-refractivity contribution in [1.29, 1.82) is 0 Å². The van der Waals surface area contributed by atoms with Gasteiger partial charge in [-0.2, -0.15) is 0 Å². The SMILES string of the molecule is O.O.O.O.O.OB(O)O.OB(O)O.OB(O)O.OB(O)O.[H-].[Na+]. The zero-order valence-corrected chi connectivity index (χ0v) is 13.2. The Kier molecular flexibility index (Phi) is 174. The summed E-state index contributed by atoms with van der Waals surface area (Å²) >= 11 is 0. The van der Waals surface area contributed by atoms with Crippen molar-refractivity contribution in [1.82, 2.24) is 0 Å². The number of hydrogen-bond donors (Lipinski definition) is 12. The first-order valence-electron chi connectivity index (χ1n) is 3.10. The van der Waals surface area contributed by atoms with Gasteiger partial charge in [0.15, 0.2) is 0 Å². The van der Waals surface area contributed by atoms with Gasteiger partial charge in [-0.25, -0.2) is 0 Å². The van der Waals surface area contributed by atoms with Crippen LogP contribution in [0.4, 0.5) is 0 Å². The molecule has 138 valence electrons. The zero-order chi connectivity index (χ0) is 14.3. The molecule has 22 heavy (non-hydrogen) atoms. The molecule has 0 spiro atoms. The first-order valence-corrected chi connectivity index (χ1v) is 3.10. The third-order valence-electron chi connectivity index (χ3n) is 0. The molecular weight excluding hydrogens is 338 g/mol. The Morgan fingerprint density at radius 2 is 0.318 bits per heavy atom. The average molecular weight is 361 g/mol. The molecule has 0 aromatic carbocycles. The molecule has 0 unspecified atom stereocenters. The minimum atomic E-state index is -2.17. The predicted molar refractivity (Wildman–Crippen MR) is 68.8 cm³/mol. The van der Waals surface area contributed by atoms with Gasteiger partial charge in [-0.05, 0) is 0 Å². The molecule has 0 saturated carbocycles. The summed E-state index contributed by atoms with van der Waals surface area (Å²) in [5, 5.41) is 86.0. The molecule has 0 aliphatic heterocycles. The van der Waals surface area contributed by atoms with E-state index >= 15 is 0 Å². The van der Waals surface area contributed by atoms with Crippen LogP contribution in [0, 0.1) is 0 Å². The first-order chi connectivity index (χ1) is 6.93. The molecule has 0 aliphatic rings. The molecule has 0 aliphatic carbocycles. The van der Waals surface area contributed by atoms with E-state index in [1.54, 1.807) is 0 Å². The molecule has 0 saturated heterocycles. The van der Waals surface area contributed by atoms with Gasteiger partial charge in [0.1, 0.15) is 0 Å². The quantitative estimate of drug-likeness (QED) is 0.179. The molecule has 0 rings (SSSR count). The van der Waals surface area contributed by atoms with Crippen molar-refractivity contribution >= 4 is 29.3 Å². The smallest absolute Gasteiger partial charge is 1.00 e. The third kappa shape index (κ3) is 23500. The van der Waals surface area contributed by atoms with E-state index in [0.717, 1.165) is 0 Å². The predicted octanol–water partition coefficient (Wildman–Crippen LogP) is -15.2. The second-order valence-electron chi connectivity index (χ2n) is 1.39. The van der Waals surface area contributed by atoms with Crippen LogP contribution in [0.5, 0.6) is 0 Å². The number of rotatable bonds is 0. The Balaban J connectivity index is -0.00000000842. The van der Waals surface area contributed by atoms with Crippen molar-refractivity contribution < 1.29 is 119 Å². The van der Waals surface area contributed by atoms with Crippen molar-refractivity contribution in [3.05, 3.63) is 0 Å². The molecule has 0 aromatic rings. The van der Waals surface area contributed by atoms with Crippen molar-refractivity contribution in [3.63, 3.8) is 0 Å². The van der Waals surface area contributed by atoms with Crippen molar-refractivity contribution in [3.8, 4) is 0 Å². The summed E-state index contributed by atoms with van der Waals surface area (Å²) in [6, 6.07) is 0. The minimum Gasteiger partial charge on any atom is -1.00 e. The fraction of sp³-hybridized carbons (Fsp3) is 0. The molecule has 0 atom stereocenters. The van der Waals surface area contributed by atoms with E-state index in [1.165, 1.54) is 0 Å². The van der Waals surface area contributed by atoms with E-state index in [2.05, 4.69) is 0 Å². The summed E-state index contributed by atoms with van der Waals surface area (Å²) in [7, 11) is -8.67. The summed E-state index contributed by atoms with van der Waals surface area (Å²) in [6.45, 7) is 0. The molecule has 22 heteroatoms. The van der Waals surface area contributed by atoms with E-state index < -0.39 is 29.3 Å². The van der Waals surface area contributed by atoms with Crippen molar-refractivity contribution in [2.45, 2.75) is 0 Å². The van der Waals surface area contributed by atoms with Crippen LogP contribution < -0.4 is 29.6 Å². The summed E-state index contributed by atoms with van der Waals surface area (Å²) in [5.41, 5.74) is 0. The Morgan fingerprint density at radius 1 is 0.318 bits per heavy atom. The summed E-state index contributed by atoms with van der Waals surface area (Å²) in [5.74, 6) is 0. The topological polar surface area (TPSA) is 400 Å². The van der Waals surface area contributed by atoms with Gasteiger partial charge >= 0.3 is 58.8 Å². The van der Waals surface area contributed by atoms with Crippen molar-refractivity contribution in [2.75, 3.05) is 0 Å². The average Bonchev–Trinajstić information content (AvgIpc) is 1.76. The molecular formula is H23B4NaO17. The molecule has 22 N–H and O–H groups in total. The first kappa shape index (κ1) is 66.4. The zero-order valence-electron chi connectivity index (χ0n) is 12.2. The standard InChI is InChI=1S/4BH3O3.Na.5H2O.H/c4*2-1(3)4;;;;;;;/h4*2-4H;;5*1H2;/q;;;;+1;;;;;;-1. The van der Waals surface area contributed by atoms with E-state index in [4.69, 9.17) is 60.3 Å². The second-order valence-corrected chi connectivity index (χ2v) is 1.39. The van der Waals surface area contributed by atoms with Crippen LogP contribution in [-0.4, -0.2) is 117 Å². The maximum absolute atomic E-state index is 7.17.